The molecule has 0 radical (unpaired) electrons. The van der Waals surface area contributed by atoms with Crippen molar-refractivity contribution in [1.82, 2.24) is 0 Å². The molecule has 0 heterocycles. The van der Waals surface area contributed by atoms with Crippen LogP contribution in [0.3, 0.4) is 0 Å². The first kappa shape index (κ1) is 8.59. The van der Waals surface area contributed by atoms with Gasteiger partial charge in [-0.05, 0) is 61.2 Å². The van der Waals surface area contributed by atoms with Crippen molar-refractivity contribution in [1.29, 1.82) is 0 Å². The molecular formula is C12H19Cl. The molecule has 3 unspecified atom stereocenters. The Kier molecular flexibility index (Phi) is 1.75. The second-order valence-electron chi connectivity index (χ2n) is 6.02. The number of alkyl halides is 1. The van der Waals surface area contributed by atoms with Crippen molar-refractivity contribution < 1.29 is 0 Å². The van der Waals surface area contributed by atoms with Crippen LogP contribution >= 0.6 is 11.6 Å². The third kappa shape index (κ3) is 1.11. The Bertz CT molecular complexity index is 209. The molecule has 1 heteroatoms. The van der Waals surface area contributed by atoms with E-state index in [1.54, 1.807) is 6.42 Å². The van der Waals surface area contributed by atoms with E-state index in [1.807, 2.05) is 0 Å². The summed E-state index contributed by atoms with van der Waals surface area (Å²) in [5, 5.41) is 0. The Balaban J connectivity index is 1.93. The number of rotatable bonds is 1. The van der Waals surface area contributed by atoms with Gasteiger partial charge in [-0.25, -0.2) is 0 Å². The largest absolute Gasteiger partial charge is 0.126 e. The van der Waals surface area contributed by atoms with Gasteiger partial charge in [-0.1, -0.05) is 6.92 Å². The molecule has 0 aromatic carbocycles. The van der Waals surface area contributed by atoms with E-state index in [0.717, 1.165) is 29.6 Å². The van der Waals surface area contributed by atoms with Crippen molar-refractivity contribution in [3.05, 3.63) is 0 Å². The van der Waals surface area contributed by atoms with Gasteiger partial charge in [-0.2, -0.15) is 0 Å². The van der Waals surface area contributed by atoms with Crippen molar-refractivity contribution in [2.75, 3.05) is 5.88 Å². The van der Waals surface area contributed by atoms with Crippen molar-refractivity contribution in [3.63, 3.8) is 0 Å². The van der Waals surface area contributed by atoms with Gasteiger partial charge >= 0.3 is 0 Å². The molecule has 0 nitrogen and oxygen atoms in total. The van der Waals surface area contributed by atoms with Crippen LogP contribution in [0, 0.1) is 29.1 Å². The molecular weight excluding hydrogens is 180 g/mol. The van der Waals surface area contributed by atoms with E-state index >= 15 is 0 Å². The van der Waals surface area contributed by atoms with Crippen LogP contribution in [0.5, 0.6) is 0 Å². The van der Waals surface area contributed by atoms with E-state index in [4.69, 9.17) is 11.6 Å². The van der Waals surface area contributed by atoms with Crippen molar-refractivity contribution in [2.45, 2.75) is 39.0 Å². The zero-order chi connectivity index (χ0) is 9.05. The predicted molar refractivity (Wildman–Crippen MR) is 55.9 cm³/mol. The average Bonchev–Trinajstić information content (AvgIpc) is 2.00. The molecule has 0 aromatic heterocycles. The van der Waals surface area contributed by atoms with Gasteiger partial charge in [-0.3, -0.25) is 0 Å². The summed E-state index contributed by atoms with van der Waals surface area (Å²) in [6.07, 6.45) is 7.52. The Labute approximate surface area is 86.0 Å². The van der Waals surface area contributed by atoms with E-state index in [2.05, 4.69) is 6.92 Å². The maximum atomic E-state index is 6.13. The van der Waals surface area contributed by atoms with Gasteiger partial charge < -0.3 is 0 Å². The van der Waals surface area contributed by atoms with Gasteiger partial charge in [0.1, 0.15) is 0 Å². The smallest absolute Gasteiger partial charge is 0.0259 e. The standard InChI is InChI=1S/C12H19Cl/c1-12-5-8-2-9(6-12)4-10(3-8)11(12)7-13/h8-11H,2-7H2,1H3. The van der Waals surface area contributed by atoms with Gasteiger partial charge in [0.2, 0.25) is 0 Å². The summed E-state index contributed by atoms with van der Waals surface area (Å²) in [6, 6.07) is 0. The second kappa shape index (κ2) is 2.66. The molecule has 3 atom stereocenters. The van der Waals surface area contributed by atoms with Crippen LogP contribution in [0.2, 0.25) is 0 Å². The maximum Gasteiger partial charge on any atom is 0.0259 e. The highest BCUT2D eigenvalue weighted by molar-refractivity contribution is 6.18. The van der Waals surface area contributed by atoms with E-state index in [9.17, 15) is 0 Å². The van der Waals surface area contributed by atoms with E-state index in [-0.39, 0.29) is 0 Å². The quantitative estimate of drug-likeness (QED) is 0.564. The fourth-order valence-corrected chi connectivity index (χ4v) is 5.49. The first-order chi connectivity index (χ1) is 6.21. The Morgan fingerprint density at radius 1 is 1.15 bits per heavy atom. The predicted octanol–water partition coefficient (Wildman–Crippen LogP) is 3.69. The lowest BCUT2D eigenvalue weighted by Gasteiger charge is -2.60. The molecule has 0 aliphatic heterocycles. The molecule has 0 N–H and O–H groups in total. The summed E-state index contributed by atoms with van der Waals surface area (Å²) in [5.41, 5.74) is 0.635. The molecule has 4 bridgehead atoms. The normalized spacial score (nSPS) is 58.6. The lowest BCUT2D eigenvalue weighted by molar-refractivity contribution is -0.0891. The van der Waals surface area contributed by atoms with E-state index in [0.29, 0.717) is 5.41 Å². The van der Waals surface area contributed by atoms with Crippen molar-refractivity contribution >= 4 is 11.6 Å². The van der Waals surface area contributed by atoms with Crippen LogP contribution in [-0.2, 0) is 0 Å². The monoisotopic (exact) mass is 198 g/mol. The second-order valence-corrected chi connectivity index (χ2v) is 6.33. The first-order valence-corrected chi connectivity index (χ1v) is 6.31. The molecule has 0 spiro atoms. The summed E-state index contributed by atoms with van der Waals surface area (Å²) >= 11 is 6.13. The van der Waals surface area contributed by atoms with E-state index in [1.165, 1.54) is 25.7 Å². The lowest BCUT2D eigenvalue weighted by atomic mass is 9.46. The van der Waals surface area contributed by atoms with Gasteiger partial charge in [-0.15, -0.1) is 11.6 Å². The fourth-order valence-electron chi connectivity index (χ4n) is 4.86. The average molecular weight is 199 g/mol. The summed E-state index contributed by atoms with van der Waals surface area (Å²) in [6.45, 7) is 2.50. The molecule has 0 aromatic rings. The molecule has 0 amide bonds. The minimum absolute atomic E-state index is 0.635. The van der Waals surface area contributed by atoms with Gasteiger partial charge in [0, 0.05) is 5.88 Å². The summed E-state index contributed by atoms with van der Waals surface area (Å²) in [4.78, 5) is 0. The van der Waals surface area contributed by atoms with Crippen LogP contribution in [0.4, 0.5) is 0 Å². The fraction of sp³-hybridized carbons (Fsp3) is 1.00. The molecule has 4 saturated carbocycles. The Morgan fingerprint density at radius 2 is 1.77 bits per heavy atom. The molecule has 4 aliphatic carbocycles. The first-order valence-electron chi connectivity index (χ1n) is 5.77. The van der Waals surface area contributed by atoms with Crippen molar-refractivity contribution in [2.24, 2.45) is 29.1 Å². The highest BCUT2D eigenvalue weighted by atomic mass is 35.5. The highest BCUT2D eigenvalue weighted by Gasteiger charge is 2.53. The number of halogens is 1. The van der Waals surface area contributed by atoms with Crippen LogP contribution in [-0.4, -0.2) is 5.88 Å². The molecule has 13 heavy (non-hydrogen) atoms. The molecule has 0 saturated heterocycles. The molecule has 4 rings (SSSR count). The van der Waals surface area contributed by atoms with E-state index < -0.39 is 0 Å². The maximum absolute atomic E-state index is 6.13. The van der Waals surface area contributed by atoms with Gasteiger partial charge in [0.05, 0.1) is 0 Å². The highest BCUT2D eigenvalue weighted by Crippen LogP contribution is 2.62. The van der Waals surface area contributed by atoms with Crippen LogP contribution in [0.25, 0.3) is 0 Å². The Hall–Kier alpha value is 0.290. The zero-order valence-electron chi connectivity index (χ0n) is 8.43. The molecule has 4 fully saturated rings. The third-order valence-electron chi connectivity index (χ3n) is 5.08. The summed E-state index contributed by atoms with van der Waals surface area (Å²) in [7, 11) is 0. The summed E-state index contributed by atoms with van der Waals surface area (Å²) in [5.74, 6) is 4.90. The molecule has 4 aliphatic rings. The lowest BCUT2D eigenvalue weighted by Crippen LogP contribution is -2.51. The topological polar surface area (TPSA) is 0 Å². The van der Waals surface area contributed by atoms with Crippen LogP contribution in [0.1, 0.15) is 39.0 Å². The van der Waals surface area contributed by atoms with Crippen molar-refractivity contribution in [3.8, 4) is 0 Å². The SMILES string of the molecule is CC12CC3CC(CC(C3)C1CCl)C2. The van der Waals surface area contributed by atoms with Crippen LogP contribution in [0.15, 0.2) is 0 Å². The molecule has 74 valence electrons. The minimum Gasteiger partial charge on any atom is -0.126 e. The number of hydrogen-bond acceptors (Lipinski definition) is 0. The van der Waals surface area contributed by atoms with Crippen LogP contribution < -0.4 is 0 Å². The van der Waals surface area contributed by atoms with Gasteiger partial charge in [0.15, 0.2) is 0 Å². The Morgan fingerprint density at radius 3 is 2.23 bits per heavy atom. The number of hydrogen-bond donors (Lipinski definition) is 0. The third-order valence-corrected chi connectivity index (χ3v) is 5.41. The minimum atomic E-state index is 0.635. The summed E-state index contributed by atoms with van der Waals surface area (Å²) < 4.78 is 0. The van der Waals surface area contributed by atoms with Gasteiger partial charge in [0.25, 0.3) is 0 Å². The zero-order valence-corrected chi connectivity index (χ0v) is 9.19.